The third-order valence-corrected chi connectivity index (χ3v) is 4.25. The van der Waals surface area contributed by atoms with Gasteiger partial charge in [-0.15, -0.1) is 0 Å². The van der Waals surface area contributed by atoms with Crippen LogP contribution in [0.15, 0.2) is 42.9 Å². The molecule has 4 rings (SSSR count). The number of hydrogen-bond acceptors (Lipinski definition) is 4. The van der Waals surface area contributed by atoms with Crippen LogP contribution < -0.4 is 5.32 Å². The number of imidazole rings is 1. The second-order valence-corrected chi connectivity index (χ2v) is 6.07. The molecule has 2 aromatic heterocycles. The lowest BCUT2D eigenvalue weighted by Gasteiger charge is -2.07. The molecule has 5 nitrogen and oxygen atoms in total. The second-order valence-electron chi connectivity index (χ2n) is 6.07. The summed E-state index contributed by atoms with van der Waals surface area (Å²) in [5.74, 6) is 1.65. The molecule has 0 unspecified atom stereocenters. The summed E-state index contributed by atoms with van der Waals surface area (Å²) >= 11 is 0. The number of Topliss-reactive ketones (excluding diaryl/α,β-unsaturated/α-hetero) is 1. The molecule has 0 saturated heterocycles. The molecular formula is C18H18N4O. The normalized spacial score (nSPS) is 14.1. The number of benzene rings is 1. The fourth-order valence-electron chi connectivity index (χ4n) is 2.72. The average molecular weight is 306 g/mol. The lowest BCUT2D eigenvalue weighted by Crippen LogP contribution is -2.06. The van der Waals surface area contributed by atoms with E-state index in [0.717, 1.165) is 35.2 Å². The lowest BCUT2D eigenvalue weighted by molar-refractivity contribution is 0.101. The van der Waals surface area contributed by atoms with Crippen LogP contribution in [-0.2, 0) is 0 Å². The summed E-state index contributed by atoms with van der Waals surface area (Å²) in [6, 6.07) is 7.63. The van der Waals surface area contributed by atoms with Crippen molar-refractivity contribution in [3.05, 3.63) is 48.4 Å². The van der Waals surface area contributed by atoms with Crippen LogP contribution in [0.1, 0.15) is 30.1 Å². The fraction of sp³-hybridized carbons (Fsp3) is 0.278. The highest BCUT2D eigenvalue weighted by Crippen LogP contribution is 2.29. The Kier molecular flexibility index (Phi) is 3.33. The molecule has 2 heterocycles. The highest BCUT2D eigenvalue weighted by molar-refractivity contribution is 5.95. The number of carbonyl (C=O) groups is 1. The van der Waals surface area contributed by atoms with Crippen molar-refractivity contribution < 1.29 is 4.79 Å². The molecule has 1 saturated carbocycles. The van der Waals surface area contributed by atoms with Gasteiger partial charge in [0.25, 0.3) is 0 Å². The molecule has 1 aliphatic carbocycles. The summed E-state index contributed by atoms with van der Waals surface area (Å²) in [4.78, 5) is 20.5. The molecule has 1 aliphatic rings. The van der Waals surface area contributed by atoms with Crippen LogP contribution in [0.4, 0.5) is 5.82 Å². The number of anilines is 1. The maximum Gasteiger partial charge on any atom is 0.180 e. The summed E-state index contributed by atoms with van der Waals surface area (Å²) in [5.41, 5.74) is 3.46. The standard InChI is InChI=1S/C18H18N4O/c1-12(23)14-3-2-4-15(9-14)16-11-21-18-17(19-7-8-22(16)18)20-10-13-5-6-13/h2-4,7-9,11,13H,5-6,10H2,1H3,(H,19,20). The zero-order valence-electron chi connectivity index (χ0n) is 13.0. The molecule has 0 amide bonds. The summed E-state index contributed by atoms with van der Waals surface area (Å²) in [7, 11) is 0. The smallest absolute Gasteiger partial charge is 0.180 e. The van der Waals surface area contributed by atoms with Crippen LogP contribution in [0.5, 0.6) is 0 Å². The Morgan fingerprint density at radius 1 is 1.35 bits per heavy atom. The van der Waals surface area contributed by atoms with Crippen molar-refractivity contribution in [3.8, 4) is 11.3 Å². The minimum Gasteiger partial charge on any atom is -0.367 e. The second kappa shape index (κ2) is 5.50. The van der Waals surface area contributed by atoms with E-state index in [0.29, 0.717) is 5.56 Å². The topological polar surface area (TPSA) is 59.3 Å². The van der Waals surface area contributed by atoms with Crippen LogP contribution in [0.2, 0.25) is 0 Å². The average Bonchev–Trinajstić information content (AvgIpc) is 3.30. The van der Waals surface area contributed by atoms with Crippen molar-refractivity contribution in [3.63, 3.8) is 0 Å². The van der Waals surface area contributed by atoms with Crippen LogP contribution in [-0.4, -0.2) is 26.7 Å². The van der Waals surface area contributed by atoms with E-state index in [2.05, 4.69) is 15.3 Å². The van der Waals surface area contributed by atoms with Crippen molar-refractivity contribution in [1.82, 2.24) is 14.4 Å². The zero-order valence-corrected chi connectivity index (χ0v) is 13.0. The predicted molar refractivity (Wildman–Crippen MR) is 89.6 cm³/mol. The van der Waals surface area contributed by atoms with E-state index in [1.807, 2.05) is 41.1 Å². The third kappa shape index (κ3) is 2.70. The first kappa shape index (κ1) is 13.9. The zero-order chi connectivity index (χ0) is 15.8. The number of hydrogen-bond donors (Lipinski definition) is 1. The van der Waals surface area contributed by atoms with E-state index >= 15 is 0 Å². The van der Waals surface area contributed by atoms with Crippen LogP contribution in [0.3, 0.4) is 0 Å². The Morgan fingerprint density at radius 3 is 3.00 bits per heavy atom. The minimum absolute atomic E-state index is 0.0640. The first-order valence-electron chi connectivity index (χ1n) is 7.89. The van der Waals surface area contributed by atoms with Gasteiger partial charge in [0.2, 0.25) is 0 Å². The predicted octanol–water partition coefficient (Wildman–Crippen LogP) is 3.42. The minimum atomic E-state index is 0.0640. The van der Waals surface area contributed by atoms with Crippen molar-refractivity contribution in [2.75, 3.05) is 11.9 Å². The van der Waals surface area contributed by atoms with Gasteiger partial charge in [-0.3, -0.25) is 9.20 Å². The summed E-state index contributed by atoms with van der Waals surface area (Å²) in [6.45, 7) is 2.53. The highest BCUT2D eigenvalue weighted by Gasteiger charge is 2.21. The van der Waals surface area contributed by atoms with Crippen LogP contribution >= 0.6 is 0 Å². The molecular weight excluding hydrogens is 288 g/mol. The Hall–Kier alpha value is -2.69. The van der Waals surface area contributed by atoms with Crippen LogP contribution in [0, 0.1) is 5.92 Å². The molecule has 1 aromatic carbocycles. The molecule has 0 bridgehead atoms. The number of fused-ring (bicyclic) bond motifs is 1. The van der Waals surface area contributed by atoms with E-state index < -0.39 is 0 Å². The van der Waals surface area contributed by atoms with Gasteiger partial charge in [0.1, 0.15) is 0 Å². The number of nitrogens with one attached hydrogen (secondary N) is 1. The van der Waals surface area contributed by atoms with Crippen LogP contribution in [0.25, 0.3) is 16.9 Å². The molecule has 1 N–H and O–H groups in total. The number of ketones is 1. The number of aromatic nitrogens is 3. The number of rotatable bonds is 5. The molecule has 0 atom stereocenters. The molecule has 0 aliphatic heterocycles. The molecule has 0 spiro atoms. The number of nitrogens with zero attached hydrogens (tertiary/aromatic N) is 3. The maximum atomic E-state index is 11.6. The van der Waals surface area contributed by atoms with Crippen molar-refractivity contribution in [2.24, 2.45) is 5.92 Å². The van der Waals surface area contributed by atoms with E-state index in [-0.39, 0.29) is 5.78 Å². The van der Waals surface area contributed by atoms with Gasteiger partial charge >= 0.3 is 0 Å². The monoisotopic (exact) mass is 306 g/mol. The van der Waals surface area contributed by atoms with Gasteiger partial charge in [0.05, 0.1) is 11.9 Å². The van der Waals surface area contributed by atoms with E-state index in [1.54, 1.807) is 13.1 Å². The highest BCUT2D eigenvalue weighted by atomic mass is 16.1. The Bertz CT molecular complexity index is 880. The van der Waals surface area contributed by atoms with E-state index in [4.69, 9.17) is 0 Å². The molecule has 116 valence electrons. The molecule has 5 heteroatoms. The summed E-state index contributed by atoms with van der Waals surface area (Å²) in [6.07, 6.45) is 8.11. The van der Waals surface area contributed by atoms with Gasteiger partial charge in [-0.25, -0.2) is 9.97 Å². The first-order valence-corrected chi connectivity index (χ1v) is 7.89. The van der Waals surface area contributed by atoms with Gasteiger partial charge in [-0.2, -0.15) is 0 Å². The molecule has 1 fully saturated rings. The molecule has 3 aromatic rings. The SMILES string of the molecule is CC(=O)c1cccc(-c2cnc3c(NCC4CC4)nccn23)c1. The van der Waals surface area contributed by atoms with Gasteiger partial charge in [-0.05, 0) is 31.7 Å². The van der Waals surface area contributed by atoms with Gasteiger partial charge < -0.3 is 5.32 Å². The number of carbonyl (C=O) groups excluding carboxylic acids is 1. The Balaban J connectivity index is 1.74. The maximum absolute atomic E-state index is 11.6. The van der Waals surface area contributed by atoms with Gasteiger partial charge in [0, 0.05) is 30.1 Å². The summed E-state index contributed by atoms with van der Waals surface area (Å²) in [5, 5.41) is 3.40. The largest absolute Gasteiger partial charge is 0.367 e. The van der Waals surface area contributed by atoms with E-state index in [9.17, 15) is 4.79 Å². The van der Waals surface area contributed by atoms with Gasteiger partial charge in [0.15, 0.2) is 17.2 Å². The van der Waals surface area contributed by atoms with Crippen molar-refractivity contribution in [2.45, 2.75) is 19.8 Å². The Morgan fingerprint density at radius 2 is 2.22 bits per heavy atom. The first-order chi connectivity index (χ1) is 11.2. The quantitative estimate of drug-likeness (QED) is 0.734. The lowest BCUT2D eigenvalue weighted by atomic mass is 10.1. The van der Waals surface area contributed by atoms with E-state index in [1.165, 1.54) is 12.8 Å². The van der Waals surface area contributed by atoms with Crippen molar-refractivity contribution in [1.29, 1.82) is 0 Å². The fourth-order valence-corrected chi connectivity index (χ4v) is 2.72. The van der Waals surface area contributed by atoms with Gasteiger partial charge in [-0.1, -0.05) is 18.2 Å². The third-order valence-electron chi connectivity index (χ3n) is 4.25. The summed E-state index contributed by atoms with van der Waals surface area (Å²) < 4.78 is 2.02. The molecule has 0 radical (unpaired) electrons. The molecule has 23 heavy (non-hydrogen) atoms. The van der Waals surface area contributed by atoms with Crippen molar-refractivity contribution >= 4 is 17.2 Å². The Labute approximate surface area is 134 Å².